The average molecular weight is 388 g/mol. The van der Waals surface area contributed by atoms with Crippen molar-refractivity contribution in [3.63, 3.8) is 0 Å². The molecule has 0 heterocycles. The van der Waals surface area contributed by atoms with Crippen molar-refractivity contribution in [2.45, 2.75) is 18.2 Å². The summed E-state index contributed by atoms with van der Waals surface area (Å²) >= 11 is 0. The van der Waals surface area contributed by atoms with Gasteiger partial charge < -0.3 is 15.3 Å². The lowest BCUT2D eigenvalue weighted by Gasteiger charge is -2.38. The highest BCUT2D eigenvalue weighted by atomic mass is 32.2. The average Bonchev–Trinajstić information content (AvgIpc) is 2.06. The molecule has 0 fully saturated rings. The van der Waals surface area contributed by atoms with Crippen molar-refractivity contribution < 1.29 is 53.1 Å². The molecule has 22 heavy (non-hydrogen) atoms. The SMILES string of the molecule is CS(=O)(=O)OC(O)(O)C(CCO)(OS(C)(=O)=O)OS(C)(=O)=O. The molecule has 0 amide bonds. The quantitative estimate of drug-likeness (QED) is 0.263. The topological polar surface area (TPSA) is 191 Å². The zero-order valence-electron chi connectivity index (χ0n) is 11.7. The van der Waals surface area contributed by atoms with Crippen molar-refractivity contribution in [2.24, 2.45) is 0 Å². The smallest absolute Gasteiger partial charge is 0.352 e. The van der Waals surface area contributed by atoms with Crippen molar-refractivity contribution in [1.29, 1.82) is 0 Å². The summed E-state index contributed by atoms with van der Waals surface area (Å²) in [4.78, 5) is 0. The van der Waals surface area contributed by atoms with E-state index in [9.17, 15) is 35.5 Å². The molecule has 0 aromatic carbocycles. The molecule has 15 heteroatoms. The monoisotopic (exact) mass is 388 g/mol. The molecule has 0 rings (SSSR count). The van der Waals surface area contributed by atoms with Crippen LogP contribution >= 0.6 is 0 Å². The summed E-state index contributed by atoms with van der Waals surface area (Å²) in [6.07, 6.45) is -0.0446. The van der Waals surface area contributed by atoms with Crippen molar-refractivity contribution >= 4 is 30.4 Å². The third-order valence-electron chi connectivity index (χ3n) is 1.78. The van der Waals surface area contributed by atoms with Gasteiger partial charge in [0.2, 0.25) is 0 Å². The number of hydrogen-bond acceptors (Lipinski definition) is 12. The molecule has 0 unspecified atom stereocenters. The molecule has 0 aliphatic rings. The Morgan fingerprint density at radius 2 is 1.09 bits per heavy atom. The molecule has 0 radical (unpaired) electrons. The number of aliphatic hydroxyl groups excluding tert-OH is 1. The molecular formula is C7H16O12S3. The predicted molar refractivity (Wildman–Crippen MR) is 69.4 cm³/mol. The molecule has 12 nitrogen and oxygen atoms in total. The Morgan fingerprint density at radius 3 is 1.32 bits per heavy atom. The van der Waals surface area contributed by atoms with Crippen molar-refractivity contribution in [1.82, 2.24) is 0 Å². The molecule has 0 spiro atoms. The fourth-order valence-corrected chi connectivity index (χ4v) is 3.30. The van der Waals surface area contributed by atoms with Crippen molar-refractivity contribution in [3.05, 3.63) is 0 Å². The molecule has 134 valence electrons. The molecular weight excluding hydrogens is 372 g/mol. The Labute approximate surface area is 127 Å². The maximum Gasteiger partial charge on any atom is 0.352 e. The van der Waals surface area contributed by atoms with Crippen LogP contribution in [0.4, 0.5) is 0 Å². The highest BCUT2D eigenvalue weighted by molar-refractivity contribution is 7.86. The molecule has 0 aliphatic carbocycles. The van der Waals surface area contributed by atoms with Crippen LogP contribution in [0.1, 0.15) is 6.42 Å². The number of rotatable bonds is 9. The van der Waals surface area contributed by atoms with Gasteiger partial charge in [0.25, 0.3) is 36.1 Å². The molecule has 0 aromatic heterocycles. The first kappa shape index (κ1) is 21.6. The van der Waals surface area contributed by atoms with E-state index in [0.717, 1.165) is 0 Å². The Kier molecular flexibility index (Phi) is 6.50. The first-order chi connectivity index (χ1) is 9.43. The minimum absolute atomic E-state index is 0.360. The first-order valence-electron chi connectivity index (χ1n) is 5.20. The van der Waals surface area contributed by atoms with E-state index in [4.69, 9.17) is 5.11 Å². The molecule has 3 N–H and O–H groups in total. The van der Waals surface area contributed by atoms with Gasteiger partial charge in [-0.1, -0.05) is 0 Å². The van der Waals surface area contributed by atoms with Crippen LogP contribution in [0, 0.1) is 0 Å². The number of aliphatic hydroxyl groups is 3. The maximum absolute atomic E-state index is 11.2. The van der Waals surface area contributed by atoms with Gasteiger partial charge >= 0.3 is 5.97 Å². The lowest BCUT2D eigenvalue weighted by Crippen LogP contribution is -2.61. The van der Waals surface area contributed by atoms with Crippen LogP contribution in [-0.2, 0) is 42.9 Å². The normalized spacial score (nSPS) is 15.0. The Hall–Kier alpha value is -0.390. The summed E-state index contributed by atoms with van der Waals surface area (Å²) in [5, 5.41) is 28.2. The van der Waals surface area contributed by atoms with E-state index in [0.29, 0.717) is 18.8 Å². The van der Waals surface area contributed by atoms with Gasteiger partial charge in [0.05, 0.1) is 18.8 Å². The molecule has 0 bridgehead atoms. The largest absolute Gasteiger partial charge is 0.396 e. The van der Waals surface area contributed by atoms with E-state index < -0.39 is 55.1 Å². The summed E-state index contributed by atoms with van der Waals surface area (Å²) in [6.45, 7) is -1.08. The van der Waals surface area contributed by atoms with Gasteiger partial charge in [-0.15, -0.1) is 0 Å². The van der Waals surface area contributed by atoms with Gasteiger partial charge in [-0.05, 0) is 0 Å². The maximum atomic E-state index is 11.2. The van der Waals surface area contributed by atoms with Crippen LogP contribution in [0.2, 0.25) is 0 Å². The van der Waals surface area contributed by atoms with Crippen LogP contribution in [-0.4, -0.2) is 77.7 Å². The van der Waals surface area contributed by atoms with E-state index in [1.165, 1.54) is 0 Å². The standard InChI is InChI=1S/C7H16O12S3/c1-20(11,12)17-6(4-5-8,18-21(2,13)14)7(9,10)19-22(3,15)16/h8-10H,4-5H2,1-3H3. The second-order valence-corrected chi connectivity index (χ2v) is 8.92. The molecule has 0 saturated heterocycles. The summed E-state index contributed by atoms with van der Waals surface area (Å²) < 4.78 is 79.1. The van der Waals surface area contributed by atoms with Crippen LogP contribution in [0.15, 0.2) is 0 Å². The Morgan fingerprint density at radius 1 is 0.773 bits per heavy atom. The zero-order valence-corrected chi connectivity index (χ0v) is 14.1. The lowest BCUT2D eigenvalue weighted by molar-refractivity contribution is -0.414. The highest BCUT2D eigenvalue weighted by Crippen LogP contribution is 2.34. The second kappa shape index (κ2) is 6.62. The van der Waals surface area contributed by atoms with Gasteiger partial charge in [-0.3, -0.25) is 0 Å². The van der Waals surface area contributed by atoms with E-state index in [1.807, 2.05) is 0 Å². The van der Waals surface area contributed by atoms with Gasteiger partial charge in [0.1, 0.15) is 0 Å². The molecule has 0 atom stereocenters. The summed E-state index contributed by atoms with van der Waals surface area (Å²) in [5.41, 5.74) is 0. The molecule has 0 aromatic rings. The van der Waals surface area contributed by atoms with E-state index >= 15 is 0 Å². The third-order valence-corrected chi connectivity index (χ3v) is 3.46. The first-order valence-corrected chi connectivity index (χ1v) is 10.7. The zero-order chi connectivity index (χ0) is 18.0. The van der Waals surface area contributed by atoms with E-state index in [1.54, 1.807) is 0 Å². The fraction of sp³-hybridized carbons (Fsp3) is 1.00. The third kappa shape index (κ3) is 7.25. The second-order valence-electron chi connectivity index (χ2n) is 4.20. The van der Waals surface area contributed by atoms with Crippen LogP contribution in [0.5, 0.6) is 0 Å². The van der Waals surface area contributed by atoms with E-state index in [-0.39, 0.29) is 0 Å². The van der Waals surface area contributed by atoms with E-state index in [2.05, 4.69) is 12.5 Å². The van der Waals surface area contributed by atoms with Gasteiger partial charge in [-0.25, -0.2) is 12.5 Å². The van der Waals surface area contributed by atoms with Crippen LogP contribution in [0.25, 0.3) is 0 Å². The fourth-order valence-electron chi connectivity index (χ4n) is 1.28. The van der Waals surface area contributed by atoms with Crippen molar-refractivity contribution in [2.75, 3.05) is 25.4 Å². The number of hydrogen-bond donors (Lipinski definition) is 3. The van der Waals surface area contributed by atoms with Gasteiger partial charge in [0.15, 0.2) is 0 Å². The highest BCUT2D eigenvalue weighted by Gasteiger charge is 2.60. The van der Waals surface area contributed by atoms with Crippen LogP contribution < -0.4 is 0 Å². The lowest BCUT2D eigenvalue weighted by atomic mass is 10.1. The predicted octanol–water partition coefficient (Wildman–Crippen LogP) is -3.37. The summed E-state index contributed by atoms with van der Waals surface area (Å²) in [7, 11) is -13.8. The molecule has 0 saturated carbocycles. The molecule has 0 aliphatic heterocycles. The van der Waals surface area contributed by atoms with Gasteiger partial charge in [-0.2, -0.15) is 25.3 Å². The van der Waals surface area contributed by atoms with Crippen molar-refractivity contribution in [3.8, 4) is 0 Å². The Bertz CT molecular complexity index is 651. The minimum atomic E-state index is -4.63. The van der Waals surface area contributed by atoms with Gasteiger partial charge in [0, 0.05) is 13.0 Å². The summed E-state index contributed by atoms with van der Waals surface area (Å²) in [6, 6.07) is 0. The Balaban J connectivity index is 6.23. The van der Waals surface area contributed by atoms with Crippen LogP contribution in [0.3, 0.4) is 0 Å². The summed E-state index contributed by atoms with van der Waals surface area (Å²) in [5.74, 6) is -7.58. The minimum Gasteiger partial charge on any atom is -0.396 e.